The quantitative estimate of drug-likeness (QED) is 0.0723. The number of carbonyl (C=O) groups is 6. The van der Waals surface area contributed by atoms with E-state index >= 15 is 0 Å². The Morgan fingerprint density at radius 1 is 0.583 bits per heavy atom. The third-order valence-corrected chi connectivity index (χ3v) is 16.8. The lowest BCUT2D eigenvalue weighted by molar-refractivity contribution is -0.142. The maximum Gasteiger partial charge on any atom is 0.247 e. The van der Waals surface area contributed by atoms with Gasteiger partial charge in [-0.25, -0.2) is 9.97 Å². The zero-order valence-corrected chi connectivity index (χ0v) is 44.4. The fraction of sp³-hybridized carbons (Fsp3) is 0.564. The average molecular weight is 1020 g/mol. The second-order valence-electron chi connectivity index (χ2n) is 20.1. The Kier molecular flexibility index (Phi) is 19.4. The van der Waals surface area contributed by atoms with Crippen LogP contribution in [0.15, 0.2) is 60.7 Å². The van der Waals surface area contributed by atoms with E-state index in [1.165, 1.54) is 29.1 Å². The number of benzene rings is 2. The van der Waals surface area contributed by atoms with E-state index in [1.54, 1.807) is 9.80 Å². The van der Waals surface area contributed by atoms with Gasteiger partial charge in [-0.2, -0.15) is 0 Å². The SMILES string of the molecule is CC[C@@H](C)C(=O)N[C@H](C(=O)N1CCC[C@H]1C(=O)Nc1sc(C)nc1-c1ccccc1)C1CCCCC1.CC[C@@H](C)C(=O)N[C@H](C(=O)N1CCC[C@H]1C(=O)Nc1sc(N)nc1-c1ccccc1)C1CCCCC1. The molecule has 2 saturated carbocycles. The molecule has 388 valence electrons. The van der Waals surface area contributed by atoms with Gasteiger partial charge in [0.15, 0.2) is 5.13 Å². The Morgan fingerprint density at radius 3 is 1.40 bits per heavy atom. The molecule has 0 radical (unpaired) electrons. The van der Waals surface area contributed by atoms with Crippen molar-refractivity contribution in [3.63, 3.8) is 0 Å². The van der Waals surface area contributed by atoms with E-state index in [1.807, 2.05) is 95.3 Å². The van der Waals surface area contributed by atoms with Crippen molar-refractivity contribution >= 4 is 73.3 Å². The first kappa shape index (κ1) is 54.1. The molecule has 2 aromatic carbocycles. The monoisotopic (exact) mass is 1020 g/mol. The maximum absolute atomic E-state index is 13.9. The summed E-state index contributed by atoms with van der Waals surface area (Å²) in [5.74, 6) is -0.907. The number of carbonyl (C=O) groups excluding carboxylic acids is 6. The topological polar surface area (TPSA) is 209 Å². The molecule has 2 saturated heterocycles. The number of anilines is 3. The van der Waals surface area contributed by atoms with E-state index in [4.69, 9.17) is 5.73 Å². The summed E-state index contributed by atoms with van der Waals surface area (Å²) in [6.07, 6.45) is 14.5. The number of nitrogens with one attached hydrogen (secondary N) is 4. The van der Waals surface area contributed by atoms with Crippen LogP contribution in [0.5, 0.6) is 0 Å². The highest BCUT2D eigenvalue weighted by Gasteiger charge is 2.43. The summed E-state index contributed by atoms with van der Waals surface area (Å²) >= 11 is 2.67. The first-order chi connectivity index (χ1) is 34.8. The highest BCUT2D eigenvalue weighted by atomic mass is 32.1. The van der Waals surface area contributed by atoms with Gasteiger partial charge in [-0.1, -0.05) is 138 Å². The maximum atomic E-state index is 13.9. The summed E-state index contributed by atoms with van der Waals surface area (Å²) < 4.78 is 0. The molecule has 2 aliphatic carbocycles. The first-order valence-electron chi connectivity index (χ1n) is 26.5. The van der Waals surface area contributed by atoms with Crippen molar-refractivity contribution in [2.24, 2.45) is 23.7 Å². The number of aromatic nitrogens is 2. The van der Waals surface area contributed by atoms with Gasteiger partial charge >= 0.3 is 0 Å². The molecule has 4 fully saturated rings. The Morgan fingerprint density at radius 2 is 0.986 bits per heavy atom. The number of rotatable bonds is 16. The summed E-state index contributed by atoms with van der Waals surface area (Å²) in [6, 6.07) is 17.1. The number of hydrogen-bond donors (Lipinski definition) is 5. The van der Waals surface area contributed by atoms with Crippen molar-refractivity contribution in [1.82, 2.24) is 30.4 Å². The molecule has 2 aromatic heterocycles. The molecule has 2 aliphatic heterocycles. The summed E-state index contributed by atoms with van der Waals surface area (Å²) in [7, 11) is 0. The standard InChI is InChI=1S/C28H38N4O3S.C27H37N5O3S/c1-4-18(2)25(33)30-24(21-14-9-6-10-15-21)28(35)32-17-11-16-22(32)26(34)31-27-23(29-19(3)36-27)20-12-7-5-8-13-20;1-3-17(2)23(33)29-22(19-13-8-5-9-14-19)26(35)32-16-10-15-20(32)24(34)31-25-21(30-27(28)36-25)18-11-6-4-7-12-18/h5,7-8,12-13,18,21-22,24H,4,6,9-11,14-17H2,1-3H3,(H,30,33)(H,31,34);4,6-7,11-12,17,19-20,22H,3,5,8-10,13-16H2,1-2H3,(H2,28,30)(H,29,33)(H,31,34)/t18-,22+,24+;17-,20+,22+/m11/s1. The number of nitrogens with zero attached hydrogens (tertiary/aromatic N) is 4. The fourth-order valence-electron chi connectivity index (χ4n) is 10.5. The molecule has 4 aromatic rings. The molecule has 6 amide bonds. The highest BCUT2D eigenvalue weighted by Crippen LogP contribution is 2.37. The molecule has 6 atom stereocenters. The van der Waals surface area contributed by atoms with Gasteiger partial charge in [0.2, 0.25) is 35.4 Å². The lowest BCUT2D eigenvalue weighted by Crippen LogP contribution is -2.56. The Labute approximate surface area is 433 Å². The van der Waals surface area contributed by atoms with Gasteiger partial charge < -0.3 is 36.8 Å². The van der Waals surface area contributed by atoms with Gasteiger partial charge in [0.1, 0.15) is 45.6 Å². The molecule has 0 bridgehead atoms. The fourth-order valence-corrected chi connectivity index (χ4v) is 12.1. The number of aryl methyl sites for hydroxylation is 1. The van der Waals surface area contributed by atoms with Crippen LogP contribution in [0.2, 0.25) is 0 Å². The number of thiazole rings is 2. The lowest BCUT2D eigenvalue weighted by atomic mass is 9.83. The summed E-state index contributed by atoms with van der Waals surface area (Å²) in [4.78, 5) is 92.7. The Hall–Kier alpha value is -5.68. The predicted molar refractivity (Wildman–Crippen MR) is 287 cm³/mol. The van der Waals surface area contributed by atoms with E-state index < -0.39 is 24.2 Å². The van der Waals surface area contributed by atoms with E-state index in [0.717, 1.165) is 98.9 Å². The van der Waals surface area contributed by atoms with Crippen molar-refractivity contribution in [3.05, 3.63) is 65.7 Å². The van der Waals surface area contributed by atoms with Crippen molar-refractivity contribution in [2.45, 2.75) is 162 Å². The van der Waals surface area contributed by atoms with Gasteiger partial charge in [0.05, 0.1) is 5.01 Å². The molecule has 8 rings (SSSR count). The van der Waals surface area contributed by atoms with Crippen molar-refractivity contribution in [3.8, 4) is 22.5 Å². The molecular weight excluding hydrogens is 947 g/mol. The molecule has 0 spiro atoms. The van der Waals surface area contributed by atoms with Crippen LogP contribution in [0.4, 0.5) is 15.1 Å². The van der Waals surface area contributed by atoms with Crippen LogP contribution in [0.25, 0.3) is 22.5 Å². The van der Waals surface area contributed by atoms with E-state index in [2.05, 4.69) is 31.2 Å². The average Bonchev–Trinajstić information content (AvgIpc) is 4.25. The Balaban J connectivity index is 0.000000211. The van der Waals surface area contributed by atoms with Gasteiger partial charge in [-0.3, -0.25) is 28.8 Å². The van der Waals surface area contributed by atoms with Gasteiger partial charge in [0.25, 0.3) is 0 Å². The summed E-state index contributed by atoms with van der Waals surface area (Å²) in [5, 5.41) is 14.8. The molecule has 0 unspecified atom stereocenters. The van der Waals surface area contributed by atoms with Crippen LogP contribution in [0.1, 0.15) is 135 Å². The predicted octanol–water partition coefficient (Wildman–Crippen LogP) is 9.59. The van der Waals surface area contributed by atoms with E-state index in [-0.39, 0.29) is 59.1 Å². The first-order valence-corrected chi connectivity index (χ1v) is 28.1. The van der Waals surface area contributed by atoms with Crippen molar-refractivity contribution < 1.29 is 28.8 Å². The highest BCUT2D eigenvalue weighted by molar-refractivity contribution is 7.20. The second-order valence-corrected chi connectivity index (χ2v) is 22.4. The number of nitrogen functional groups attached to an aromatic ring is 1. The van der Waals surface area contributed by atoms with Gasteiger partial charge in [-0.05, 0) is 83.0 Å². The van der Waals surface area contributed by atoms with E-state index in [9.17, 15) is 28.8 Å². The molecular formula is C55H75N9O6S2. The minimum atomic E-state index is -0.587. The third kappa shape index (κ3) is 13.5. The molecule has 6 N–H and O–H groups in total. The third-order valence-electron chi connectivity index (χ3n) is 15.1. The number of nitrogens with two attached hydrogens (primary N) is 1. The minimum Gasteiger partial charge on any atom is -0.375 e. The van der Waals surface area contributed by atoms with Crippen LogP contribution in [-0.2, 0) is 28.8 Å². The van der Waals surface area contributed by atoms with Crippen LogP contribution in [0, 0.1) is 30.6 Å². The van der Waals surface area contributed by atoms with Crippen molar-refractivity contribution in [2.75, 3.05) is 29.5 Å². The lowest BCUT2D eigenvalue weighted by Gasteiger charge is -2.35. The largest absolute Gasteiger partial charge is 0.375 e. The smallest absolute Gasteiger partial charge is 0.247 e. The molecule has 4 heterocycles. The zero-order chi connectivity index (χ0) is 51.3. The molecule has 17 heteroatoms. The van der Waals surface area contributed by atoms with Crippen LogP contribution in [0.3, 0.4) is 0 Å². The Bertz CT molecular complexity index is 2300. The van der Waals surface area contributed by atoms with Gasteiger partial charge in [-0.15, -0.1) is 11.3 Å². The number of amides is 6. The summed E-state index contributed by atoms with van der Waals surface area (Å²) in [6.45, 7) is 10.7. The van der Waals surface area contributed by atoms with Crippen LogP contribution >= 0.6 is 22.7 Å². The second kappa shape index (κ2) is 25.8. The summed E-state index contributed by atoms with van der Waals surface area (Å²) in [5.41, 5.74) is 9.17. The molecule has 15 nitrogen and oxygen atoms in total. The van der Waals surface area contributed by atoms with E-state index in [0.29, 0.717) is 53.2 Å². The number of hydrogen-bond acceptors (Lipinski definition) is 11. The zero-order valence-electron chi connectivity index (χ0n) is 42.8. The van der Waals surface area contributed by atoms with Crippen LogP contribution < -0.4 is 27.0 Å². The minimum absolute atomic E-state index is 0.0748. The number of likely N-dealkylation sites (tertiary alicyclic amines) is 2. The van der Waals surface area contributed by atoms with Crippen LogP contribution in [-0.4, -0.2) is 92.5 Å². The van der Waals surface area contributed by atoms with Gasteiger partial charge in [0, 0.05) is 36.1 Å². The normalized spacial score (nSPS) is 20.1. The van der Waals surface area contributed by atoms with Crippen molar-refractivity contribution in [1.29, 1.82) is 0 Å². The molecule has 72 heavy (non-hydrogen) atoms. The molecule has 4 aliphatic rings.